The maximum absolute atomic E-state index is 12.6. The lowest BCUT2D eigenvalue weighted by Crippen LogP contribution is -2.62. The molecule has 23 heavy (non-hydrogen) atoms. The van der Waals surface area contributed by atoms with Gasteiger partial charge in [-0.25, -0.2) is 4.98 Å². The highest BCUT2D eigenvalue weighted by atomic mass is 16.3. The summed E-state index contributed by atoms with van der Waals surface area (Å²) in [6.45, 7) is 5.46. The molecule has 128 valence electrons. The average Bonchev–Trinajstić information content (AvgIpc) is 2.97. The maximum Gasteiger partial charge on any atom is 0.224 e. The molecular formula is C17H28N4O2. The van der Waals surface area contributed by atoms with Crippen LogP contribution in [0.25, 0.3) is 0 Å². The second kappa shape index (κ2) is 6.61. The number of aryl methyl sites for hydroxylation is 2. The van der Waals surface area contributed by atoms with Gasteiger partial charge < -0.3 is 19.5 Å². The first-order valence-electron chi connectivity index (χ1n) is 8.62. The Morgan fingerprint density at radius 2 is 2.26 bits per heavy atom. The van der Waals surface area contributed by atoms with E-state index in [-0.39, 0.29) is 24.0 Å². The molecule has 1 aromatic rings. The van der Waals surface area contributed by atoms with E-state index in [1.165, 1.54) is 0 Å². The minimum Gasteiger partial charge on any atom is -0.396 e. The molecule has 1 amide bonds. The van der Waals surface area contributed by atoms with Crippen LogP contribution in [0.15, 0.2) is 12.4 Å². The Morgan fingerprint density at radius 1 is 1.43 bits per heavy atom. The van der Waals surface area contributed by atoms with Crippen LogP contribution >= 0.6 is 0 Å². The first-order valence-corrected chi connectivity index (χ1v) is 8.62. The van der Waals surface area contributed by atoms with Crippen LogP contribution in [0.1, 0.15) is 31.5 Å². The van der Waals surface area contributed by atoms with Gasteiger partial charge in [0.2, 0.25) is 5.91 Å². The number of likely N-dealkylation sites (tertiary alicyclic amines) is 2. The summed E-state index contributed by atoms with van der Waals surface area (Å²) in [5.41, 5.74) is -0.00921. The fourth-order valence-electron chi connectivity index (χ4n) is 4.26. The van der Waals surface area contributed by atoms with E-state index in [0.29, 0.717) is 13.0 Å². The van der Waals surface area contributed by atoms with Gasteiger partial charge in [0.15, 0.2) is 0 Å². The smallest absolute Gasteiger partial charge is 0.224 e. The van der Waals surface area contributed by atoms with Crippen molar-refractivity contribution in [2.24, 2.45) is 5.41 Å². The zero-order chi connectivity index (χ0) is 16.4. The molecule has 0 radical (unpaired) electrons. The van der Waals surface area contributed by atoms with Gasteiger partial charge in [-0.2, -0.15) is 0 Å². The number of aliphatic hydroxyl groups is 1. The Morgan fingerprint density at radius 3 is 2.96 bits per heavy atom. The van der Waals surface area contributed by atoms with Gasteiger partial charge in [0.05, 0.1) is 6.61 Å². The standard InChI is InChI=1S/C17H28N4O2/c1-14-18-7-11-20(14)9-4-16(23)21-10-6-17(13-22)5-3-8-19(2)15(17)12-21/h7,11,15,22H,3-6,8-10,12-13H2,1-2H3/t15-,17-/m1/s1. The number of fused-ring (bicyclic) bond motifs is 1. The van der Waals surface area contributed by atoms with Crippen LogP contribution in [0.2, 0.25) is 0 Å². The molecule has 0 unspecified atom stereocenters. The van der Waals surface area contributed by atoms with Crippen LogP contribution in [0.5, 0.6) is 0 Å². The molecule has 3 rings (SSSR count). The van der Waals surface area contributed by atoms with Crippen molar-refractivity contribution in [3.63, 3.8) is 0 Å². The summed E-state index contributed by atoms with van der Waals surface area (Å²) >= 11 is 0. The van der Waals surface area contributed by atoms with Crippen LogP contribution in [0.4, 0.5) is 0 Å². The average molecular weight is 320 g/mol. The first-order chi connectivity index (χ1) is 11.1. The Hall–Kier alpha value is -1.40. The number of carbonyl (C=O) groups is 1. The van der Waals surface area contributed by atoms with Crippen molar-refractivity contribution in [3.05, 3.63) is 18.2 Å². The van der Waals surface area contributed by atoms with E-state index in [1.54, 1.807) is 6.20 Å². The van der Waals surface area contributed by atoms with Gasteiger partial charge in [-0.1, -0.05) is 0 Å². The predicted octanol–water partition coefficient (Wildman–Crippen LogP) is 0.887. The number of likely N-dealkylation sites (N-methyl/N-ethyl adjacent to an activating group) is 1. The molecule has 6 heteroatoms. The lowest BCUT2D eigenvalue weighted by Gasteiger charge is -2.53. The molecule has 2 aliphatic heterocycles. The number of amides is 1. The number of piperidine rings is 2. The quantitative estimate of drug-likeness (QED) is 0.895. The van der Waals surface area contributed by atoms with Crippen LogP contribution < -0.4 is 0 Å². The van der Waals surface area contributed by atoms with Crippen LogP contribution in [-0.2, 0) is 11.3 Å². The normalized spacial score (nSPS) is 28.7. The third-order valence-corrected chi connectivity index (χ3v) is 5.86. The third kappa shape index (κ3) is 3.15. The number of imidazole rings is 1. The number of aromatic nitrogens is 2. The summed E-state index contributed by atoms with van der Waals surface area (Å²) in [5, 5.41) is 9.94. The molecule has 0 saturated carbocycles. The highest BCUT2D eigenvalue weighted by Crippen LogP contribution is 2.41. The van der Waals surface area contributed by atoms with E-state index >= 15 is 0 Å². The second-order valence-corrected chi connectivity index (χ2v) is 7.13. The highest BCUT2D eigenvalue weighted by Gasteiger charge is 2.47. The zero-order valence-corrected chi connectivity index (χ0v) is 14.2. The summed E-state index contributed by atoms with van der Waals surface area (Å²) in [4.78, 5) is 21.1. The molecule has 0 aliphatic carbocycles. The van der Waals surface area contributed by atoms with Gasteiger partial charge in [0, 0.05) is 49.9 Å². The lowest BCUT2D eigenvalue weighted by atomic mass is 9.69. The minimum atomic E-state index is -0.00921. The monoisotopic (exact) mass is 320 g/mol. The summed E-state index contributed by atoms with van der Waals surface area (Å²) in [6.07, 6.45) is 7.34. The van der Waals surface area contributed by atoms with E-state index in [1.807, 2.05) is 22.6 Å². The molecule has 2 saturated heterocycles. The van der Waals surface area contributed by atoms with Crippen molar-refractivity contribution in [2.75, 3.05) is 33.3 Å². The van der Waals surface area contributed by atoms with E-state index in [2.05, 4.69) is 16.9 Å². The molecular weight excluding hydrogens is 292 g/mol. The molecule has 2 aliphatic rings. The number of aliphatic hydroxyl groups excluding tert-OH is 1. The fourth-order valence-corrected chi connectivity index (χ4v) is 4.26. The van der Waals surface area contributed by atoms with E-state index in [4.69, 9.17) is 0 Å². The third-order valence-electron chi connectivity index (χ3n) is 5.86. The SMILES string of the molecule is Cc1nccn1CCC(=O)N1CC[C@@]2(CO)CCCN(C)[C@@H]2C1. The Bertz CT molecular complexity index is 559. The molecule has 0 bridgehead atoms. The predicted molar refractivity (Wildman–Crippen MR) is 87.9 cm³/mol. The summed E-state index contributed by atoms with van der Waals surface area (Å²) < 4.78 is 2.02. The number of hydrogen-bond donors (Lipinski definition) is 1. The van der Waals surface area contributed by atoms with Crippen LogP contribution in [0.3, 0.4) is 0 Å². The van der Waals surface area contributed by atoms with E-state index in [9.17, 15) is 9.90 Å². The van der Waals surface area contributed by atoms with Crippen molar-refractivity contribution < 1.29 is 9.90 Å². The Balaban J connectivity index is 1.61. The Kier molecular flexibility index (Phi) is 4.73. The summed E-state index contributed by atoms with van der Waals surface area (Å²) in [6, 6.07) is 0.286. The molecule has 0 aromatic carbocycles. The number of nitrogens with zero attached hydrogens (tertiary/aromatic N) is 4. The number of carbonyl (C=O) groups excluding carboxylic acids is 1. The van der Waals surface area contributed by atoms with Crippen molar-refractivity contribution in [3.8, 4) is 0 Å². The van der Waals surface area contributed by atoms with Gasteiger partial charge in [0.25, 0.3) is 0 Å². The number of hydrogen-bond acceptors (Lipinski definition) is 4. The second-order valence-electron chi connectivity index (χ2n) is 7.13. The van der Waals surface area contributed by atoms with Crippen molar-refractivity contribution in [1.82, 2.24) is 19.4 Å². The fraction of sp³-hybridized carbons (Fsp3) is 0.765. The van der Waals surface area contributed by atoms with Gasteiger partial charge in [-0.3, -0.25) is 4.79 Å². The topological polar surface area (TPSA) is 61.6 Å². The van der Waals surface area contributed by atoms with Crippen LogP contribution in [-0.4, -0.2) is 69.7 Å². The van der Waals surface area contributed by atoms with Gasteiger partial charge >= 0.3 is 0 Å². The number of rotatable bonds is 4. The minimum absolute atomic E-state index is 0.00921. The molecule has 2 atom stereocenters. The zero-order valence-electron chi connectivity index (χ0n) is 14.2. The molecule has 0 spiro atoms. The molecule has 2 fully saturated rings. The first kappa shape index (κ1) is 16.5. The van der Waals surface area contributed by atoms with Crippen molar-refractivity contribution in [2.45, 2.75) is 45.2 Å². The van der Waals surface area contributed by atoms with Gasteiger partial charge in [0.1, 0.15) is 5.82 Å². The molecule has 1 aromatic heterocycles. The summed E-state index contributed by atoms with van der Waals surface area (Å²) in [7, 11) is 2.12. The molecule has 1 N–H and O–H groups in total. The largest absolute Gasteiger partial charge is 0.396 e. The summed E-state index contributed by atoms with van der Waals surface area (Å²) in [5.74, 6) is 1.16. The van der Waals surface area contributed by atoms with Crippen molar-refractivity contribution in [1.29, 1.82) is 0 Å². The maximum atomic E-state index is 12.6. The van der Waals surface area contributed by atoms with E-state index < -0.39 is 0 Å². The highest BCUT2D eigenvalue weighted by molar-refractivity contribution is 5.76. The Labute approximate surface area is 138 Å². The van der Waals surface area contributed by atoms with Gasteiger partial charge in [-0.05, 0) is 39.8 Å². The lowest BCUT2D eigenvalue weighted by molar-refractivity contribution is -0.140. The van der Waals surface area contributed by atoms with Crippen molar-refractivity contribution >= 4 is 5.91 Å². The van der Waals surface area contributed by atoms with E-state index in [0.717, 1.165) is 44.7 Å². The molecule has 6 nitrogen and oxygen atoms in total. The van der Waals surface area contributed by atoms with Gasteiger partial charge in [-0.15, -0.1) is 0 Å². The van der Waals surface area contributed by atoms with Crippen LogP contribution in [0, 0.1) is 12.3 Å². The molecule has 3 heterocycles.